The maximum absolute atomic E-state index is 13.4. The molecule has 130 valence electrons. The van der Waals surface area contributed by atoms with Crippen molar-refractivity contribution in [3.8, 4) is 0 Å². The topological polar surface area (TPSA) is 68.3 Å². The van der Waals surface area contributed by atoms with Crippen molar-refractivity contribution < 1.29 is 16.8 Å². The van der Waals surface area contributed by atoms with Crippen molar-refractivity contribution in [1.29, 1.82) is 0 Å². The standard InChI is InChI=1S/C17H12I2O4S2/c18-8-5-13(19)17-14(6-8)24(20,21)15-11-7-12(16(15)25(17,22)23)10-4-2-1-3-9(10)11/h1-6,11-12,15-16H,7H2. The molecule has 1 heterocycles. The van der Waals surface area contributed by atoms with Crippen LogP contribution < -0.4 is 0 Å². The Hall–Kier alpha value is -0.200. The lowest BCUT2D eigenvalue weighted by molar-refractivity contribution is 0.530. The Morgan fingerprint density at radius 3 is 2.00 bits per heavy atom. The van der Waals surface area contributed by atoms with Crippen LogP contribution in [0.25, 0.3) is 0 Å². The summed E-state index contributed by atoms with van der Waals surface area (Å²) in [7, 11) is -7.40. The molecule has 3 aliphatic rings. The Morgan fingerprint density at radius 1 is 0.840 bits per heavy atom. The zero-order chi connectivity index (χ0) is 17.7. The van der Waals surface area contributed by atoms with Crippen LogP contribution in [0, 0.1) is 7.14 Å². The van der Waals surface area contributed by atoms with Crippen LogP contribution in [0.1, 0.15) is 29.4 Å². The van der Waals surface area contributed by atoms with Crippen molar-refractivity contribution in [1.82, 2.24) is 0 Å². The van der Waals surface area contributed by atoms with E-state index in [0.29, 0.717) is 9.99 Å². The van der Waals surface area contributed by atoms with Gasteiger partial charge >= 0.3 is 0 Å². The number of rotatable bonds is 0. The molecule has 25 heavy (non-hydrogen) atoms. The Kier molecular flexibility index (Phi) is 3.52. The van der Waals surface area contributed by atoms with Gasteiger partial charge in [0.05, 0.1) is 20.3 Å². The number of hydrogen-bond donors (Lipinski definition) is 0. The lowest BCUT2D eigenvalue weighted by Crippen LogP contribution is -2.47. The summed E-state index contributed by atoms with van der Waals surface area (Å²) in [6, 6.07) is 10.9. The third-order valence-corrected chi connectivity index (χ3v) is 12.5. The molecular weight excluding hydrogens is 586 g/mol. The molecule has 0 N–H and O–H groups in total. The third-order valence-electron chi connectivity index (χ3n) is 5.70. The van der Waals surface area contributed by atoms with E-state index < -0.39 is 30.2 Å². The highest BCUT2D eigenvalue weighted by atomic mass is 127. The highest BCUT2D eigenvalue weighted by Gasteiger charge is 2.64. The quantitative estimate of drug-likeness (QED) is 0.436. The molecule has 4 unspecified atom stereocenters. The van der Waals surface area contributed by atoms with Crippen LogP contribution in [-0.4, -0.2) is 27.3 Å². The van der Waals surface area contributed by atoms with Crippen LogP contribution in [0.4, 0.5) is 0 Å². The van der Waals surface area contributed by atoms with Gasteiger partial charge in [-0.2, -0.15) is 0 Å². The summed E-state index contributed by atoms with van der Waals surface area (Å²) in [6.07, 6.45) is 0.606. The van der Waals surface area contributed by atoms with Crippen molar-refractivity contribution in [3.63, 3.8) is 0 Å². The number of fused-ring (bicyclic) bond motifs is 9. The minimum atomic E-state index is -3.70. The van der Waals surface area contributed by atoms with Gasteiger partial charge in [-0.05, 0) is 74.9 Å². The fraction of sp³-hybridized carbons (Fsp3) is 0.294. The molecule has 0 amide bonds. The van der Waals surface area contributed by atoms with Gasteiger partial charge in [0.2, 0.25) is 0 Å². The molecular formula is C17H12I2O4S2. The predicted octanol–water partition coefficient (Wildman–Crippen LogP) is 3.48. The number of benzene rings is 2. The molecule has 8 heteroatoms. The molecule has 4 atom stereocenters. The number of hydrogen-bond acceptors (Lipinski definition) is 4. The molecule has 0 saturated heterocycles. The van der Waals surface area contributed by atoms with Crippen molar-refractivity contribution in [3.05, 3.63) is 54.7 Å². The summed E-state index contributed by atoms with van der Waals surface area (Å²) < 4.78 is 54.9. The summed E-state index contributed by atoms with van der Waals surface area (Å²) in [6.45, 7) is 0. The maximum Gasteiger partial charge on any atom is 0.185 e. The highest BCUT2D eigenvalue weighted by molar-refractivity contribution is 14.1. The molecule has 2 bridgehead atoms. The molecule has 1 saturated carbocycles. The van der Waals surface area contributed by atoms with Gasteiger partial charge in [-0.25, -0.2) is 16.8 Å². The van der Waals surface area contributed by atoms with E-state index in [9.17, 15) is 16.8 Å². The van der Waals surface area contributed by atoms with E-state index in [-0.39, 0.29) is 21.6 Å². The Labute approximate surface area is 173 Å². The summed E-state index contributed by atoms with van der Waals surface area (Å²) in [4.78, 5) is 0.00915. The van der Waals surface area contributed by atoms with E-state index in [1.165, 1.54) is 6.07 Å². The number of sulfone groups is 2. The Balaban J connectivity index is 1.87. The van der Waals surface area contributed by atoms with Gasteiger partial charge in [0.25, 0.3) is 0 Å². The molecule has 0 spiro atoms. The zero-order valence-electron chi connectivity index (χ0n) is 12.7. The van der Waals surface area contributed by atoms with E-state index in [2.05, 4.69) is 0 Å². The molecule has 0 aromatic heterocycles. The molecule has 5 rings (SSSR count). The second kappa shape index (κ2) is 5.20. The molecule has 1 aliphatic heterocycles. The zero-order valence-corrected chi connectivity index (χ0v) is 18.6. The lowest BCUT2D eigenvalue weighted by atomic mass is 9.91. The van der Waals surface area contributed by atoms with Crippen LogP contribution in [0.15, 0.2) is 46.2 Å². The van der Waals surface area contributed by atoms with Gasteiger partial charge in [-0.1, -0.05) is 24.3 Å². The smallest absolute Gasteiger partial charge is 0.185 e. The second-order valence-corrected chi connectivity index (χ2v) is 13.3. The van der Waals surface area contributed by atoms with Crippen LogP contribution in [0.3, 0.4) is 0 Å². The third kappa shape index (κ3) is 2.02. The minimum absolute atomic E-state index is 0.00455. The minimum Gasteiger partial charge on any atom is -0.223 e. The van der Waals surface area contributed by atoms with Crippen LogP contribution in [-0.2, 0) is 19.7 Å². The second-order valence-electron chi connectivity index (χ2n) is 6.81. The first-order chi connectivity index (χ1) is 11.7. The molecule has 2 aromatic carbocycles. The first-order valence-corrected chi connectivity index (χ1v) is 13.1. The van der Waals surface area contributed by atoms with Gasteiger partial charge in [0, 0.05) is 19.0 Å². The normalized spacial score (nSPS) is 32.7. The first kappa shape index (κ1) is 16.9. The van der Waals surface area contributed by atoms with Gasteiger partial charge in [0.15, 0.2) is 19.7 Å². The van der Waals surface area contributed by atoms with Gasteiger partial charge in [0.1, 0.15) is 0 Å². The summed E-state index contributed by atoms with van der Waals surface area (Å²) in [5, 5.41) is -1.72. The van der Waals surface area contributed by atoms with Crippen molar-refractivity contribution in [2.45, 2.75) is 38.5 Å². The van der Waals surface area contributed by atoms with Crippen molar-refractivity contribution >= 4 is 64.9 Å². The maximum atomic E-state index is 13.4. The summed E-state index contributed by atoms with van der Waals surface area (Å²) in [5.41, 5.74) is 2.02. The molecule has 2 aromatic rings. The van der Waals surface area contributed by atoms with Gasteiger partial charge < -0.3 is 0 Å². The number of halogens is 2. The summed E-state index contributed by atoms with van der Waals surface area (Å²) in [5.74, 6) is -0.455. The largest absolute Gasteiger partial charge is 0.223 e. The van der Waals surface area contributed by atoms with E-state index in [1.54, 1.807) is 6.07 Å². The fourth-order valence-electron chi connectivity index (χ4n) is 4.89. The molecule has 4 nitrogen and oxygen atoms in total. The monoisotopic (exact) mass is 598 g/mol. The van der Waals surface area contributed by atoms with E-state index in [4.69, 9.17) is 0 Å². The lowest BCUT2D eigenvalue weighted by Gasteiger charge is -2.36. The van der Waals surface area contributed by atoms with E-state index in [0.717, 1.165) is 14.7 Å². The highest BCUT2D eigenvalue weighted by Crippen LogP contribution is 2.61. The van der Waals surface area contributed by atoms with Crippen molar-refractivity contribution in [2.24, 2.45) is 0 Å². The molecule has 1 fully saturated rings. The summed E-state index contributed by atoms with van der Waals surface area (Å²) >= 11 is 3.99. The SMILES string of the molecule is O=S1(=O)c2cc(I)cc(I)c2S(=O)(=O)C2C3CC(c4ccccc43)C21. The average Bonchev–Trinajstić information content (AvgIpc) is 3.10. The fourth-order valence-corrected chi connectivity index (χ4v) is 14.0. The van der Waals surface area contributed by atoms with E-state index in [1.807, 2.05) is 69.4 Å². The van der Waals surface area contributed by atoms with Crippen LogP contribution in [0.2, 0.25) is 0 Å². The predicted molar refractivity (Wildman–Crippen MR) is 110 cm³/mol. The van der Waals surface area contributed by atoms with Gasteiger partial charge in [-0.3, -0.25) is 0 Å². The average molecular weight is 598 g/mol. The molecule has 2 aliphatic carbocycles. The van der Waals surface area contributed by atoms with Crippen LogP contribution in [0.5, 0.6) is 0 Å². The van der Waals surface area contributed by atoms with Crippen molar-refractivity contribution in [2.75, 3.05) is 0 Å². The first-order valence-electron chi connectivity index (χ1n) is 7.80. The van der Waals surface area contributed by atoms with Crippen LogP contribution >= 0.6 is 45.2 Å². The molecule has 0 radical (unpaired) electrons. The van der Waals surface area contributed by atoms with Gasteiger partial charge in [-0.15, -0.1) is 0 Å². The Morgan fingerprint density at radius 2 is 1.40 bits per heavy atom. The Bertz CT molecular complexity index is 1160. The van der Waals surface area contributed by atoms with E-state index >= 15 is 0 Å².